The van der Waals surface area contributed by atoms with Crippen LogP contribution in [0.1, 0.15) is 25.3 Å². The molecule has 10 heteroatoms. The first-order valence-electron chi connectivity index (χ1n) is 10.4. The van der Waals surface area contributed by atoms with Gasteiger partial charge in [-0.25, -0.2) is 9.37 Å². The van der Waals surface area contributed by atoms with E-state index in [-0.39, 0.29) is 11.9 Å². The van der Waals surface area contributed by atoms with Crippen molar-refractivity contribution in [3.8, 4) is 22.6 Å². The molecule has 3 aromatic rings. The summed E-state index contributed by atoms with van der Waals surface area (Å²) in [6, 6.07) is 9.77. The average Bonchev–Trinajstić information content (AvgIpc) is 3.28. The summed E-state index contributed by atoms with van der Waals surface area (Å²) in [5.41, 5.74) is 8.99. The minimum atomic E-state index is -0.682. The van der Waals surface area contributed by atoms with Crippen molar-refractivity contribution in [3.05, 3.63) is 63.5 Å². The van der Waals surface area contributed by atoms with Crippen molar-refractivity contribution in [2.45, 2.75) is 38.3 Å². The normalized spacial score (nSPS) is 13.0. The monoisotopic (exact) mass is 554 g/mol. The van der Waals surface area contributed by atoms with E-state index in [0.29, 0.717) is 41.1 Å². The van der Waals surface area contributed by atoms with Crippen molar-refractivity contribution >= 4 is 46.3 Å². The van der Waals surface area contributed by atoms with E-state index in [9.17, 15) is 9.18 Å². The third kappa shape index (κ3) is 7.04. The summed E-state index contributed by atoms with van der Waals surface area (Å²) in [6.07, 6.45) is 3.19. The molecule has 0 bridgehead atoms. The molecule has 0 saturated heterocycles. The number of carbonyl (C=O) groups is 1. The van der Waals surface area contributed by atoms with Gasteiger partial charge in [-0.3, -0.25) is 9.52 Å². The molecule has 0 saturated carbocycles. The number of nitrogens with one attached hydrogen (secondary N) is 2. The second kappa shape index (κ2) is 12.0. The van der Waals surface area contributed by atoms with E-state index < -0.39 is 12.0 Å². The van der Waals surface area contributed by atoms with Gasteiger partial charge in [-0.1, -0.05) is 24.4 Å². The van der Waals surface area contributed by atoms with Gasteiger partial charge in [0.1, 0.15) is 23.8 Å². The van der Waals surface area contributed by atoms with Crippen molar-refractivity contribution in [1.29, 1.82) is 0 Å². The number of hydrogen-bond acceptors (Lipinski definition) is 6. The highest BCUT2D eigenvalue weighted by atomic mass is 79.9. The molecule has 0 fully saturated rings. The van der Waals surface area contributed by atoms with E-state index in [1.165, 1.54) is 6.07 Å². The Balaban J connectivity index is 1.75. The zero-order chi connectivity index (χ0) is 24.0. The zero-order valence-electron chi connectivity index (χ0n) is 17.9. The molecule has 3 rings (SSSR count). The smallest absolute Gasteiger partial charge is 0.322 e. The van der Waals surface area contributed by atoms with Gasteiger partial charge in [-0.05, 0) is 84.1 Å². The number of H-pyrrole nitrogens is 1. The number of imidazole rings is 1. The van der Waals surface area contributed by atoms with Crippen molar-refractivity contribution in [3.63, 3.8) is 0 Å². The Morgan fingerprint density at radius 1 is 1.30 bits per heavy atom. The number of thiol groups is 1. The van der Waals surface area contributed by atoms with E-state index in [0.717, 1.165) is 22.4 Å². The third-order valence-corrected chi connectivity index (χ3v) is 6.29. The number of benzene rings is 2. The molecule has 2 atom stereocenters. The standard InChI is InChI=1S/C23H25BrClFN4O2S/c1-13(27)23(31)32-17(8-9-29-33)5-2-14-10-16(3-6-19(14)25)22-28-12-21(30-22)15-4-7-20(26)18(24)11-15/h3-4,6-7,10-13,17,29,33H,2,5,8-9,27H2,1H3,(H,28,30). The second-order valence-corrected chi connectivity index (χ2v) is 9.24. The van der Waals surface area contributed by atoms with Crippen LogP contribution in [-0.4, -0.2) is 34.6 Å². The minimum absolute atomic E-state index is 0.310. The molecule has 0 spiro atoms. The van der Waals surface area contributed by atoms with E-state index in [2.05, 4.69) is 43.4 Å². The summed E-state index contributed by atoms with van der Waals surface area (Å²) in [6.45, 7) is 2.18. The van der Waals surface area contributed by atoms with E-state index in [4.69, 9.17) is 22.1 Å². The molecular weight excluding hydrogens is 531 g/mol. The Labute approximate surface area is 211 Å². The molecule has 0 aliphatic carbocycles. The summed E-state index contributed by atoms with van der Waals surface area (Å²) in [5.74, 6) is -0.0898. The molecule has 1 aromatic heterocycles. The van der Waals surface area contributed by atoms with Gasteiger partial charge in [0.25, 0.3) is 0 Å². The van der Waals surface area contributed by atoms with Gasteiger partial charge in [0.05, 0.1) is 16.4 Å². The van der Waals surface area contributed by atoms with E-state index >= 15 is 0 Å². The topological polar surface area (TPSA) is 93.0 Å². The maximum absolute atomic E-state index is 13.5. The van der Waals surface area contributed by atoms with E-state index in [1.807, 2.05) is 18.2 Å². The van der Waals surface area contributed by atoms with Gasteiger partial charge in [0.15, 0.2) is 0 Å². The van der Waals surface area contributed by atoms with Gasteiger partial charge in [0, 0.05) is 22.7 Å². The van der Waals surface area contributed by atoms with Gasteiger partial charge in [-0.2, -0.15) is 0 Å². The van der Waals surface area contributed by atoms with Gasteiger partial charge < -0.3 is 15.5 Å². The molecular formula is C23H25BrClFN4O2S. The van der Waals surface area contributed by atoms with Crippen LogP contribution in [0.3, 0.4) is 0 Å². The number of nitrogens with zero attached hydrogens (tertiary/aromatic N) is 1. The Hall–Kier alpha value is -1.91. The molecule has 0 radical (unpaired) electrons. The number of aromatic amines is 1. The Bertz CT molecular complexity index is 1110. The summed E-state index contributed by atoms with van der Waals surface area (Å²) >= 11 is 13.7. The van der Waals surface area contributed by atoms with Crippen LogP contribution >= 0.6 is 40.3 Å². The summed E-state index contributed by atoms with van der Waals surface area (Å²) < 4.78 is 22.2. The van der Waals surface area contributed by atoms with Crippen molar-refractivity contribution < 1.29 is 13.9 Å². The highest BCUT2D eigenvalue weighted by Gasteiger charge is 2.18. The number of ether oxygens (including phenoxy) is 1. The fraction of sp³-hybridized carbons (Fsp3) is 0.304. The Morgan fingerprint density at radius 3 is 2.76 bits per heavy atom. The first kappa shape index (κ1) is 25.7. The summed E-state index contributed by atoms with van der Waals surface area (Å²) in [4.78, 5) is 19.7. The summed E-state index contributed by atoms with van der Waals surface area (Å²) in [5, 5.41) is 0.623. The third-order valence-electron chi connectivity index (χ3n) is 5.09. The van der Waals surface area contributed by atoms with Crippen molar-refractivity contribution in [2.24, 2.45) is 5.73 Å². The number of rotatable bonds is 10. The van der Waals surface area contributed by atoms with Gasteiger partial charge >= 0.3 is 5.97 Å². The molecule has 33 heavy (non-hydrogen) atoms. The SMILES string of the molecule is CC(N)C(=O)OC(CCNS)CCc1cc(-c2ncc(-c3ccc(F)c(Br)c3)[nH]2)ccc1Cl. The fourth-order valence-corrected chi connectivity index (χ4v) is 3.99. The number of halogens is 3. The number of carbonyl (C=O) groups excluding carboxylic acids is 1. The maximum Gasteiger partial charge on any atom is 0.322 e. The zero-order valence-corrected chi connectivity index (χ0v) is 21.2. The highest BCUT2D eigenvalue weighted by Crippen LogP contribution is 2.29. The van der Waals surface area contributed by atoms with Gasteiger partial charge in [-0.15, -0.1) is 0 Å². The predicted octanol–water partition coefficient (Wildman–Crippen LogP) is 5.31. The van der Waals surface area contributed by atoms with Crippen LogP contribution in [0, 0.1) is 5.82 Å². The highest BCUT2D eigenvalue weighted by molar-refractivity contribution is 9.10. The minimum Gasteiger partial charge on any atom is -0.461 e. The number of hydrogen-bond donors (Lipinski definition) is 4. The van der Waals surface area contributed by atoms with Crippen LogP contribution in [0.25, 0.3) is 22.6 Å². The molecule has 0 aliphatic rings. The van der Waals surface area contributed by atoms with Crippen molar-refractivity contribution in [2.75, 3.05) is 6.54 Å². The van der Waals surface area contributed by atoms with Gasteiger partial charge in [0.2, 0.25) is 0 Å². The molecule has 2 aromatic carbocycles. The largest absolute Gasteiger partial charge is 0.461 e. The lowest BCUT2D eigenvalue weighted by Gasteiger charge is -2.19. The van der Waals surface area contributed by atoms with E-state index in [1.54, 1.807) is 25.3 Å². The first-order chi connectivity index (χ1) is 15.8. The van der Waals surface area contributed by atoms with Crippen LogP contribution in [0.4, 0.5) is 4.39 Å². The number of aromatic nitrogens is 2. The van der Waals surface area contributed by atoms with Crippen LogP contribution in [-0.2, 0) is 16.0 Å². The molecule has 2 unspecified atom stereocenters. The lowest BCUT2D eigenvalue weighted by Crippen LogP contribution is -2.33. The number of esters is 1. The Morgan fingerprint density at radius 2 is 2.06 bits per heavy atom. The van der Waals surface area contributed by atoms with Crippen LogP contribution in [0.2, 0.25) is 5.02 Å². The van der Waals surface area contributed by atoms with Crippen LogP contribution < -0.4 is 10.5 Å². The van der Waals surface area contributed by atoms with Crippen LogP contribution in [0.5, 0.6) is 0 Å². The quantitative estimate of drug-likeness (QED) is 0.201. The molecule has 6 nitrogen and oxygen atoms in total. The lowest BCUT2D eigenvalue weighted by atomic mass is 10.0. The predicted molar refractivity (Wildman–Crippen MR) is 136 cm³/mol. The van der Waals surface area contributed by atoms with Crippen LogP contribution in [0.15, 0.2) is 47.1 Å². The molecule has 0 amide bonds. The summed E-state index contributed by atoms with van der Waals surface area (Å²) in [7, 11) is 0. The number of nitrogens with two attached hydrogens (primary N) is 1. The molecule has 4 N–H and O–H groups in total. The lowest BCUT2D eigenvalue weighted by molar-refractivity contribution is -0.150. The second-order valence-electron chi connectivity index (χ2n) is 7.66. The molecule has 176 valence electrons. The number of aryl methyl sites for hydroxylation is 1. The molecule has 1 heterocycles. The Kier molecular flexibility index (Phi) is 9.34. The first-order valence-corrected chi connectivity index (χ1v) is 12.0. The average molecular weight is 556 g/mol. The van der Waals surface area contributed by atoms with Crippen molar-refractivity contribution in [1.82, 2.24) is 14.7 Å². The molecule has 0 aliphatic heterocycles. The fourth-order valence-electron chi connectivity index (χ4n) is 3.27. The maximum atomic E-state index is 13.5.